The number of aromatic nitrogens is 2. The summed E-state index contributed by atoms with van der Waals surface area (Å²) < 4.78 is 2.34. The third-order valence-corrected chi connectivity index (χ3v) is 5.52. The molecule has 3 rings (SSSR count). The summed E-state index contributed by atoms with van der Waals surface area (Å²) in [6.45, 7) is 4.59. The minimum atomic E-state index is -0.183. The number of fused-ring (bicyclic) bond motifs is 1. The molecule has 0 saturated carbocycles. The molecule has 0 atom stereocenters. The van der Waals surface area contributed by atoms with Crippen molar-refractivity contribution < 1.29 is 9.90 Å². The zero-order valence-corrected chi connectivity index (χ0v) is 16.1. The quantitative estimate of drug-likeness (QED) is 0.633. The van der Waals surface area contributed by atoms with Crippen LogP contribution in [0.3, 0.4) is 0 Å². The van der Waals surface area contributed by atoms with Crippen LogP contribution in [0.2, 0.25) is 0 Å². The highest BCUT2D eigenvalue weighted by molar-refractivity contribution is 7.09. The molecule has 26 heavy (non-hydrogen) atoms. The zero-order chi connectivity index (χ0) is 18.5. The number of carbonyl (C=O) groups excluding carboxylic acids is 1. The Balaban J connectivity index is 2.03. The number of hydrogen-bond acceptors (Lipinski definition) is 4. The lowest BCUT2D eigenvalue weighted by Crippen LogP contribution is -2.26. The van der Waals surface area contributed by atoms with E-state index >= 15 is 0 Å². The van der Waals surface area contributed by atoms with Crippen molar-refractivity contribution in [2.24, 2.45) is 0 Å². The summed E-state index contributed by atoms with van der Waals surface area (Å²) in [5.41, 5.74) is 2.49. The summed E-state index contributed by atoms with van der Waals surface area (Å²) in [5, 5.41) is 13.7. The number of nitrogens with one attached hydrogen (secondary N) is 1. The van der Waals surface area contributed by atoms with Crippen molar-refractivity contribution in [1.29, 1.82) is 0 Å². The van der Waals surface area contributed by atoms with Crippen LogP contribution in [0.1, 0.15) is 53.8 Å². The summed E-state index contributed by atoms with van der Waals surface area (Å²) in [7, 11) is 0. The lowest BCUT2D eigenvalue weighted by Gasteiger charge is -2.18. The Bertz CT molecular complexity index is 867. The van der Waals surface area contributed by atoms with Gasteiger partial charge in [0.05, 0.1) is 17.6 Å². The molecule has 5 nitrogen and oxygen atoms in total. The summed E-state index contributed by atoms with van der Waals surface area (Å²) in [6, 6.07) is 10.3. The van der Waals surface area contributed by atoms with Crippen LogP contribution in [0.4, 0.5) is 0 Å². The summed E-state index contributed by atoms with van der Waals surface area (Å²) in [6.07, 6.45) is 2.88. The van der Waals surface area contributed by atoms with Crippen LogP contribution in [-0.4, -0.2) is 33.7 Å². The highest BCUT2D eigenvalue weighted by Crippen LogP contribution is 2.28. The third kappa shape index (κ3) is 3.81. The minimum absolute atomic E-state index is 0.0672. The average Bonchev–Trinajstić information content (AvgIpc) is 3.29. The largest absolute Gasteiger partial charge is 0.395 e. The van der Waals surface area contributed by atoms with Crippen LogP contribution in [0.25, 0.3) is 11.0 Å². The minimum Gasteiger partial charge on any atom is -0.395 e. The molecule has 2 N–H and O–H groups in total. The van der Waals surface area contributed by atoms with Crippen LogP contribution in [0.15, 0.2) is 35.7 Å². The van der Waals surface area contributed by atoms with Crippen LogP contribution in [0, 0.1) is 0 Å². The summed E-state index contributed by atoms with van der Waals surface area (Å²) in [4.78, 5) is 18.3. The predicted octanol–water partition coefficient (Wildman–Crippen LogP) is 3.77. The van der Waals surface area contributed by atoms with Gasteiger partial charge in [-0.15, -0.1) is 11.3 Å². The standard InChI is InChI=1S/C20H25N3O2S/c1-3-15(4-2)23-18-8-7-14(20(25)21-9-10-24)12-17(18)22-19(23)13-16-6-5-11-26-16/h5-8,11-12,15,24H,3-4,9-10,13H2,1-2H3,(H,21,25). The lowest BCUT2D eigenvalue weighted by molar-refractivity contribution is 0.0945. The first-order valence-corrected chi connectivity index (χ1v) is 9.98. The van der Waals surface area contributed by atoms with Gasteiger partial charge >= 0.3 is 0 Å². The number of nitrogens with zero attached hydrogens (tertiary/aromatic N) is 2. The van der Waals surface area contributed by atoms with Crippen LogP contribution in [0.5, 0.6) is 0 Å². The average molecular weight is 372 g/mol. The number of benzene rings is 1. The van der Waals surface area contributed by atoms with Crippen molar-refractivity contribution in [1.82, 2.24) is 14.9 Å². The molecule has 1 amide bonds. The van der Waals surface area contributed by atoms with Gasteiger partial charge in [-0.3, -0.25) is 4.79 Å². The molecule has 2 aromatic heterocycles. The molecule has 0 aliphatic carbocycles. The Morgan fingerprint density at radius 1 is 1.31 bits per heavy atom. The van der Waals surface area contributed by atoms with Gasteiger partial charge in [0.15, 0.2) is 0 Å². The number of carbonyl (C=O) groups is 1. The number of amides is 1. The first-order valence-electron chi connectivity index (χ1n) is 9.10. The van der Waals surface area contributed by atoms with E-state index in [-0.39, 0.29) is 19.1 Å². The fourth-order valence-electron chi connectivity index (χ4n) is 3.32. The number of aliphatic hydroxyl groups is 1. The van der Waals surface area contributed by atoms with Gasteiger partial charge in [0.2, 0.25) is 0 Å². The molecule has 0 aliphatic rings. The molecule has 6 heteroatoms. The molecule has 138 valence electrons. The maximum atomic E-state index is 12.2. The van der Waals surface area contributed by atoms with Gasteiger partial charge in [-0.25, -0.2) is 4.98 Å². The lowest BCUT2D eigenvalue weighted by atomic mass is 10.1. The van der Waals surface area contributed by atoms with E-state index in [4.69, 9.17) is 10.1 Å². The molecule has 3 aromatic rings. The van der Waals surface area contributed by atoms with Crippen molar-refractivity contribution in [3.63, 3.8) is 0 Å². The normalized spacial score (nSPS) is 11.4. The molecule has 0 aliphatic heterocycles. The van der Waals surface area contributed by atoms with E-state index in [0.717, 1.165) is 36.1 Å². The molecule has 1 aromatic carbocycles. The van der Waals surface area contributed by atoms with E-state index < -0.39 is 0 Å². The highest BCUT2D eigenvalue weighted by Gasteiger charge is 2.18. The third-order valence-electron chi connectivity index (χ3n) is 4.64. The fourth-order valence-corrected chi connectivity index (χ4v) is 4.02. The van der Waals surface area contributed by atoms with Crippen LogP contribution in [-0.2, 0) is 6.42 Å². The molecule has 2 heterocycles. The molecule has 0 spiro atoms. The van der Waals surface area contributed by atoms with E-state index in [1.54, 1.807) is 11.3 Å². The molecular weight excluding hydrogens is 346 g/mol. The Morgan fingerprint density at radius 3 is 2.77 bits per heavy atom. The molecular formula is C20H25N3O2S. The zero-order valence-electron chi connectivity index (χ0n) is 15.2. The first kappa shape index (κ1) is 18.6. The second-order valence-electron chi connectivity index (χ2n) is 6.31. The van der Waals surface area contributed by atoms with Crippen molar-refractivity contribution in [3.8, 4) is 0 Å². The van der Waals surface area contributed by atoms with E-state index in [1.165, 1.54) is 4.88 Å². The summed E-state index contributed by atoms with van der Waals surface area (Å²) >= 11 is 1.74. The Kier molecular flexibility index (Phi) is 6.06. The van der Waals surface area contributed by atoms with Gasteiger partial charge in [-0.2, -0.15) is 0 Å². The molecule has 0 saturated heterocycles. The second-order valence-corrected chi connectivity index (χ2v) is 7.34. The van der Waals surface area contributed by atoms with Crippen molar-refractivity contribution >= 4 is 28.3 Å². The highest BCUT2D eigenvalue weighted by atomic mass is 32.1. The van der Waals surface area contributed by atoms with E-state index in [1.807, 2.05) is 18.2 Å². The number of thiophene rings is 1. The predicted molar refractivity (Wildman–Crippen MR) is 106 cm³/mol. The number of aliphatic hydroxyl groups excluding tert-OH is 1. The summed E-state index contributed by atoms with van der Waals surface area (Å²) in [5.74, 6) is 0.863. The van der Waals surface area contributed by atoms with Crippen LogP contribution < -0.4 is 5.32 Å². The smallest absolute Gasteiger partial charge is 0.251 e. The van der Waals surface area contributed by atoms with Gasteiger partial charge < -0.3 is 15.0 Å². The SMILES string of the molecule is CCC(CC)n1c(Cc2cccs2)nc2cc(C(=O)NCCO)ccc21. The van der Waals surface area contributed by atoms with E-state index in [0.29, 0.717) is 11.6 Å². The first-order chi connectivity index (χ1) is 12.7. The topological polar surface area (TPSA) is 67.2 Å². The van der Waals surface area contributed by atoms with Gasteiger partial charge in [0.25, 0.3) is 5.91 Å². The monoisotopic (exact) mass is 371 g/mol. The maximum Gasteiger partial charge on any atom is 0.251 e. The van der Waals surface area contributed by atoms with E-state index in [9.17, 15) is 4.79 Å². The van der Waals surface area contributed by atoms with Crippen LogP contribution >= 0.6 is 11.3 Å². The molecule has 0 fully saturated rings. The Labute approximate surface area is 157 Å². The molecule has 0 unspecified atom stereocenters. The van der Waals surface area contributed by atoms with E-state index in [2.05, 4.69) is 41.2 Å². The van der Waals surface area contributed by atoms with Gasteiger partial charge in [-0.1, -0.05) is 19.9 Å². The fraction of sp³-hybridized carbons (Fsp3) is 0.400. The molecule has 0 bridgehead atoms. The Morgan fingerprint density at radius 2 is 2.12 bits per heavy atom. The second kappa shape index (κ2) is 8.47. The van der Waals surface area contributed by atoms with Gasteiger partial charge in [0.1, 0.15) is 5.82 Å². The molecule has 0 radical (unpaired) electrons. The Hall–Kier alpha value is -2.18. The van der Waals surface area contributed by atoms with Crippen molar-refractivity contribution in [3.05, 3.63) is 52.0 Å². The van der Waals surface area contributed by atoms with Crippen molar-refractivity contribution in [2.45, 2.75) is 39.2 Å². The number of hydrogen-bond donors (Lipinski definition) is 2. The van der Waals surface area contributed by atoms with Gasteiger partial charge in [0, 0.05) is 29.4 Å². The number of rotatable bonds is 8. The van der Waals surface area contributed by atoms with Crippen molar-refractivity contribution in [2.75, 3.05) is 13.2 Å². The maximum absolute atomic E-state index is 12.2. The van der Waals surface area contributed by atoms with Gasteiger partial charge in [-0.05, 0) is 42.5 Å². The number of imidazole rings is 1.